The van der Waals surface area contributed by atoms with E-state index < -0.39 is 6.04 Å². The first kappa shape index (κ1) is 17.5. The van der Waals surface area contributed by atoms with E-state index in [0.717, 1.165) is 0 Å². The lowest BCUT2D eigenvalue weighted by Gasteiger charge is -2.23. The van der Waals surface area contributed by atoms with E-state index in [1.54, 1.807) is 59.1 Å². The van der Waals surface area contributed by atoms with Crippen molar-refractivity contribution >= 4 is 23.6 Å². The molecule has 1 saturated heterocycles. The smallest absolute Gasteiger partial charge is 0.255 e. The van der Waals surface area contributed by atoms with E-state index in [1.807, 2.05) is 6.07 Å². The zero-order chi connectivity index (χ0) is 17.6. The van der Waals surface area contributed by atoms with Crippen LogP contribution in [-0.4, -0.2) is 40.9 Å². The van der Waals surface area contributed by atoms with Crippen LogP contribution in [0.1, 0.15) is 15.9 Å². The van der Waals surface area contributed by atoms with Gasteiger partial charge in [0.1, 0.15) is 11.9 Å². The first-order valence-corrected chi connectivity index (χ1v) is 9.27. The van der Waals surface area contributed by atoms with Gasteiger partial charge in [0.05, 0.1) is 5.88 Å². The number of benzene rings is 2. The predicted octanol–water partition coefficient (Wildman–Crippen LogP) is 2.70. The summed E-state index contributed by atoms with van der Waals surface area (Å²) in [5.41, 5.74) is 1.15. The minimum Gasteiger partial charge on any atom is -0.354 e. The molecule has 0 spiro atoms. The Kier molecular flexibility index (Phi) is 5.71. The number of hydrogen-bond donors (Lipinski definition) is 1. The molecule has 25 heavy (non-hydrogen) atoms. The Morgan fingerprint density at radius 3 is 2.60 bits per heavy atom. The molecule has 4 nitrogen and oxygen atoms in total. The standard InChI is InChI=1S/C19H19FN2O2S/c20-16-9-5-4-6-14(16)10-11-21-18(23)17-12-25-13-22(17)19(24)15-7-2-1-3-8-15/h1-9,17H,10-13H2,(H,21,23). The maximum absolute atomic E-state index is 13.6. The third-order valence-electron chi connectivity index (χ3n) is 4.12. The number of rotatable bonds is 5. The summed E-state index contributed by atoms with van der Waals surface area (Å²) in [5, 5.41) is 2.82. The summed E-state index contributed by atoms with van der Waals surface area (Å²) in [4.78, 5) is 26.6. The lowest BCUT2D eigenvalue weighted by atomic mass is 10.1. The molecule has 0 bridgehead atoms. The second-order valence-electron chi connectivity index (χ2n) is 5.79. The molecule has 2 aromatic rings. The Morgan fingerprint density at radius 1 is 1.12 bits per heavy atom. The van der Waals surface area contributed by atoms with Gasteiger partial charge in [0.15, 0.2) is 0 Å². The van der Waals surface area contributed by atoms with E-state index in [4.69, 9.17) is 0 Å². The molecule has 1 aliphatic rings. The minimum atomic E-state index is -0.488. The number of hydrogen-bond acceptors (Lipinski definition) is 3. The molecule has 1 N–H and O–H groups in total. The second kappa shape index (κ2) is 8.16. The van der Waals surface area contributed by atoms with E-state index in [-0.39, 0.29) is 17.6 Å². The number of nitrogens with zero attached hydrogens (tertiary/aromatic N) is 1. The van der Waals surface area contributed by atoms with Crippen molar-refractivity contribution in [2.24, 2.45) is 0 Å². The molecule has 6 heteroatoms. The Bertz CT molecular complexity index is 754. The van der Waals surface area contributed by atoms with Crippen LogP contribution in [0.2, 0.25) is 0 Å². The van der Waals surface area contributed by atoms with Crippen molar-refractivity contribution in [2.45, 2.75) is 12.5 Å². The third-order valence-corrected chi connectivity index (χ3v) is 5.13. The lowest BCUT2D eigenvalue weighted by molar-refractivity contribution is -0.124. The van der Waals surface area contributed by atoms with Crippen LogP contribution in [-0.2, 0) is 11.2 Å². The lowest BCUT2D eigenvalue weighted by Crippen LogP contribution is -2.47. The fourth-order valence-electron chi connectivity index (χ4n) is 2.75. The van der Waals surface area contributed by atoms with Crippen LogP contribution in [0.3, 0.4) is 0 Å². The van der Waals surface area contributed by atoms with E-state index in [1.165, 1.54) is 6.07 Å². The van der Waals surface area contributed by atoms with Gasteiger partial charge in [-0.15, -0.1) is 11.8 Å². The highest BCUT2D eigenvalue weighted by atomic mass is 32.2. The zero-order valence-electron chi connectivity index (χ0n) is 13.7. The molecule has 1 fully saturated rings. The van der Waals surface area contributed by atoms with Gasteiger partial charge in [0, 0.05) is 17.9 Å². The third kappa shape index (κ3) is 4.20. The number of nitrogens with one attached hydrogen (secondary N) is 1. The molecule has 1 heterocycles. The number of carbonyl (C=O) groups is 2. The molecule has 0 saturated carbocycles. The van der Waals surface area contributed by atoms with Crippen LogP contribution in [0.5, 0.6) is 0 Å². The molecular weight excluding hydrogens is 339 g/mol. The van der Waals surface area contributed by atoms with Gasteiger partial charge >= 0.3 is 0 Å². The van der Waals surface area contributed by atoms with Crippen molar-refractivity contribution in [3.05, 3.63) is 71.5 Å². The topological polar surface area (TPSA) is 49.4 Å². The van der Waals surface area contributed by atoms with E-state index in [2.05, 4.69) is 5.32 Å². The van der Waals surface area contributed by atoms with Gasteiger partial charge in [-0.3, -0.25) is 9.59 Å². The maximum atomic E-state index is 13.6. The molecule has 0 radical (unpaired) electrons. The van der Waals surface area contributed by atoms with Crippen LogP contribution < -0.4 is 5.32 Å². The predicted molar refractivity (Wildman–Crippen MR) is 96.8 cm³/mol. The monoisotopic (exact) mass is 358 g/mol. The molecular formula is C19H19FN2O2S. The Labute approximate surface area is 150 Å². The average Bonchev–Trinajstić information content (AvgIpc) is 3.13. The van der Waals surface area contributed by atoms with E-state index in [9.17, 15) is 14.0 Å². The van der Waals surface area contributed by atoms with Crippen molar-refractivity contribution in [1.82, 2.24) is 10.2 Å². The van der Waals surface area contributed by atoms with Gasteiger partial charge in [0.2, 0.25) is 5.91 Å². The molecule has 0 aliphatic carbocycles. The highest BCUT2D eigenvalue weighted by Gasteiger charge is 2.34. The van der Waals surface area contributed by atoms with E-state index in [0.29, 0.717) is 35.7 Å². The molecule has 2 aromatic carbocycles. The van der Waals surface area contributed by atoms with Gasteiger partial charge in [-0.05, 0) is 30.2 Å². The van der Waals surface area contributed by atoms with E-state index >= 15 is 0 Å². The normalized spacial score (nSPS) is 16.7. The maximum Gasteiger partial charge on any atom is 0.255 e. The summed E-state index contributed by atoms with van der Waals surface area (Å²) in [7, 11) is 0. The Hall–Kier alpha value is -2.34. The van der Waals surface area contributed by atoms with Gasteiger partial charge < -0.3 is 10.2 Å². The SMILES string of the molecule is O=C(NCCc1ccccc1F)C1CSCN1C(=O)c1ccccc1. The molecule has 1 aliphatic heterocycles. The fourth-order valence-corrected chi connectivity index (χ4v) is 3.90. The summed E-state index contributed by atoms with van der Waals surface area (Å²) in [6, 6.07) is 15.0. The van der Waals surface area contributed by atoms with Crippen LogP contribution in [0.15, 0.2) is 54.6 Å². The Balaban J connectivity index is 1.57. The molecule has 1 atom stereocenters. The van der Waals surface area contributed by atoms with Gasteiger partial charge in [-0.2, -0.15) is 0 Å². The fraction of sp³-hybridized carbons (Fsp3) is 0.263. The number of halogens is 1. The van der Waals surface area contributed by atoms with Crippen LogP contribution in [0.4, 0.5) is 4.39 Å². The summed E-state index contributed by atoms with van der Waals surface area (Å²) < 4.78 is 13.6. The summed E-state index contributed by atoms with van der Waals surface area (Å²) in [6.07, 6.45) is 0.422. The average molecular weight is 358 g/mol. The van der Waals surface area contributed by atoms with Crippen molar-refractivity contribution in [3.8, 4) is 0 Å². The molecule has 0 aromatic heterocycles. The molecule has 130 valence electrons. The molecule has 2 amide bonds. The van der Waals surface area contributed by atoms with Crippen LogP contribution in [0.25, 0.3) is 0 Å². The highest BCUT2D eigenvalue weighted by molar-refractivity contribution is 7.99. The minimum absolute atomic E-state index is 0.139. The molecule has 1 unspecified atom stereocenters. The first-order valence-electron chi connectivity index (χ1n) is 8.11. The van der Waals surface area contributed by atoms with Gasteiger partial charge in [-0.25, -0.2) is 4.39 Å². The quantitative estimate of drug-likeness (QED) is 0.894. The van der Waals surface area contributed by atoms with Crippen molar-refractivity contribution in [1.29, 1.82) is 0 Å². The van der Waals surface area contributed by atoms with Crippen molar-refractivity contribution < 1.29 is 14.0 Å². The second-order valence-corrected chi connectivity index (χ2v) is 6.79. The van der Waals surface area contributed by atoms with Gasteiger partial charge in [-0.1, -0.05) is 36.4 Å². The summed E-state index contributed by atoms with van der Waals surface area (Å²) >= 11 is 1.56. The Morgan fingerprint density at radius 2 is 1.84 bits per heavy atom. The largest absolute Gasteiger partial charge is 0.354 e. The number of amides is 2. The van der Waals surface area contributed by atoms with Crippen molar-refractivity contribution in [3.63, 3.8) is 0 Å². The molecule has 3 rings (SSSR count). The number of carbonyl (C=O) groups excluding carboxylic acids is 2. The summed E-state index contributed by atoms with van der Waals surface area (Å²) in [5.74, 6) is 0.475. The van der Waals surface area contributed by atoms with Crippen LogP contribution >= 0.6 is 11.8 Å². The van der Waals surface area contributed by atoms with Gasteiger partial charge in [0.25, 0.3) is 5.91 Å². The first-order chi connectivity index (χ1) is 12.2. The highest BCUT2D eigenvalue weighted by Crippen LogP contribution is 2.23. The van der Waals surface area contributed by atoms with Crippen molar-refractivity contribution in [2.75, 3.05) is 18.2 Å². The summed E-state index contributed by atoms with van der Waals surface area (Å²) in [6.45, 7) is 0.342. The zero-order valence-corrected chi connectivity index (χ0v) is 14.5. The number of thioether (sulfide) groups is 1. The van der Waals surface area contributed by atoms with Crippen LogP contribution in [0, 0.1) is 5.82 Å².